The first-order chi connectivity index (χ1) is 9.38. The molecule has 2 aromatic rings. The number of hydrogen-bond donors (Lipinski definition) is 2. The van der Waals surface area contributed by atoms with Crippen LogP contribution in [0, 0.1) is 13.8 Å². The molecule has 0 saturated carbocycles. The van der Waals surface area contributed by atoms with Crippen molar-refractivity contribution in [2.75, 3.05) is 11.1 Å². The van der Waals surface area contributed by atoms with Gasteiger partial charge in [-0.1, -0.05) is 17.7 Å². The molecule has 0 radical (unpaired) electrons. The number of rotatable bonds is 2. The summed E-state index contributed by atoms with van der Waals surface area (Å²) in [6.45, 7) is 3.82. The molecule has 0 unspecified atom stereocenters. The van der Waals surface area contributed by atoms with E-state index in [0.29, 0.717) is 22.0 Å². The molecule has 104 valence electrons. The van der Waals surface area contributed by atoms with E-state index in [1.54, 1.807) is 12.1 Å². The smallest absolute Gasteiger partial charge is 0.255 e. The number of amides is 1. The first-order valence-electron chi connectivity index (χ1n) is 6.01. The third-order valence-corrected chi connectivity index (χ3v) is 3.97. The van der Waals surface area contributed by atoms with Crippen molar-refractivity contribution < 1.29 is 4.79 Å². The first-order valence-corrected chi connectivity index (χ1v) is 7.18. The van der Waals surface area contributed by atoms with Gasteiger partial charge in [0.1, 0.15) is 0 Å². The molecular formula is C15H14BrClN2O. The number of anilines is 2. The normalized spacial score (nSPS) is 10.4. The number of hydrogen-bond acceptors (Lipinski definition) is 2. The predicted octanol–water partition coefficient (Wildman–Crippen LogP) is 4.55. The molecule has 0 aliphatic carbocycles. The van der Waals surface area contributed by atoms with Crippen LogP contribution >= 0.6 is 27.5 Å². The van der Waals surface area contributed by atoms with Crippen molar-refractivity contribution in [1.29, 1.82) is 0 Å². The minimum atomic E-state index is -0.247. The Balaban J connectivity index is 2.30. The molecule has 20 heavy (non-hydrogen) atoms. The molecule has 0 spiro atoms. The van der Waals surface area contributed by atoms with E-state index in [1.165, 1.54) is 0 Å². The SMILES string of the molecule is Cc1cc(N)c(NC(=O)c2ccc(C)c(Cl)c2)c(Br)c1. The van der Waals surface area contributed by atoms with Crippen molar-refractivity contribution in [2.24, 2.45) is 0 Å². The lowest BCUT2D eigenvalue weighted by atomic mass is 10.1. The lowest BCUT2D eigenvalue weighted by Crippen LogP contribution is -2.14. The zero-order valence-electron chi connectivity index (χ0n) is 11.1. The maximum atomic E-state index is 12.2. The molecule has 1 amide bonds. The Morgan fingerprint density at radius 2 is 1.95 bits per heavy atom. The van der Waals surface area contributed by atoms with Gasteiger partial charge >= 0.3 is 0 Å². The molecule has 0 bridgehead atoms. The Labute approximate surface area is 131 Å². The molecule has 0 aliphatic heterocycles. The number of halogens is 2. The summed E-state index contributed by atoms with van der Waals surface area (Å²) < 4.78 is 0.751. The van der Waals surface area contributed by atoms with Gasteiger partial charge < -0.3 is 11.1 Å². The van der Waals surface area contributed by atoms with Crippen molar-refractivity contribution in [1.82, 2.24) is 0 Å². The number of carbonyl (C=O) groups excluding carboxylic acids is 1. The fourth-order valence-corrected chi connectivity index (χ4v) is 2.69. The van der Waals surface area contributed by atoms with Crippen LogP contribution in [0.3, 0.4) is 0 Å². The number of benzene rings is 2. The summed E-state index contributed by atoms with van der Waals surface area (Å²) in [6.07, 6.45) is 0. The molecule has 2 rings (SSSR count). The minimum Gasteiger partial charge on any atom is -0.397 e. The summed E-state index contributed by atoms with van der Waals surface area (Å²) in [6, 6.07) is 8.89. The zero-order chi connectivity index (χ0) is 14.9. The standard InChI is InChI=1S/C15H14BrClN2O/c1-8-5-11(16)14(13(18)6-8)19-15(20)10-4-3-9(2)12(17)7-10/h3-7H,18H2,1-2H3,(H,19,20). The highest BCUT2D eigenvalue weighted by atomic mass is 79.9. The van der Waals surface area contributed by atoms with Crippen molar-refractivity contribution in [2.45, 2.75) is 13.8 Å². The number of carbonyl (C=O) groups is 1. The number of nitrogen functional groups attached to an aromatic ring is 1. The number of nitrogens with two attached hydrogens (primary N) is 1. The lowest BCUT2D eigenvalue weighted by Gasteiger charge is -2.12. The summed E-state index contributed by atoms with van der Waals surface area (Å²) in [5, 5.41) is 3.36. The van der Waals surface area contributed by atoms with E-state index < -0.39 is 0 Å². The Hall–Kier alpha value is -1.52. The molecule has 5 heteroatoms. The molecule has 0 atom stereocenters. The third-order valence-electron chi connectivity index (χ3n) is 2.94. The van der Waals surface area contributed by atoms with Gasteiger partial charge in [0.15, 0.2) is 0 Å². The summed E-state index contributed by atoms with van der Waals surface area (Å²) in [5.74, 6) is -0.247. The van der Waals surface area contributed by atoms with Crippen LogP contribution in [0.4, 0.5) is 11.4 Å². The summed E-state index contributed by atoms with van der Waals surface area (Å²) in [7, 11) is 0. The second-order valence-electron chi connectivity index (χ2n) is 4.63. The molecule has 0 aliphatic rings. The van der Waals surface area contributed by atoms with Crippen molar-refractivity contribution in [3.05, 3.63) is 56.5 Å². The van der Waals surface area contributed by atoms with Crippen LogP contribution in [0.25, 0.3) is 0 Å². The fraction of sp³-hybridized carbons (Fsp3) is 0.133. The quantitative estimate of drug-likeness (QED) is 0.778. The highest BCUT2D eigenvalue weighted by Crippen LogP contribution is 2.30. The fourth-order valence-electron chi connectivity index (χ4n) is 1.82. The largest absolute Gasteiger partial charge is 0.397 e. The maximum Gasteiger partial charge on any atom is 0.255 e. The van der Waals surface area contributed by atoms with Crippen LogP contribution in [0.15, 0.2) is 34.8 Å². The van der Waals surface area contributed by atoms with Gasteiger partial charge in [0, 0.05) is 15.1 Å². The van der Waals surface area contributed by atoms with Gasteiger partial charge in [0.25, 0.3) is 5.91 Å². The van der Waals surface area contributed by atoms with Gasteiger partial charge in [-0.05, 0) is 65.2 Å². The minimum absolute atomic E-state index is 0.247. The average Bonchev–Trinajstić information content (AvgIpc) is 2.36. The highest BCUT2D eigenvalue weighted by molar-refractivity contribution is 9.10. The van der Waals surface area contributed by atoms with Crippen LogP contribution < -0.4 is 11.1 Å². The number of aryl methyl sites for hydroxylation is 2. The van der Waals surface area contributed by atoms with Gasteiger partial charge in [-0.15, -0.1) is 0 Å². The second kappa shape index (κ2) is 5.85. The third kappa shape index (κ3) is 3.14. The average molecular weight is 354 g/mol. The van der Waals surface area contributed by atoms with Gasteiger partial charge in [-0.25, -0.2) is 0 Å². The van der Waals surface area contributed by atoms with Gasteiger partial charge in [-0.2, -0.15) is 0 Å². The summed E-state index contributed by atoms with van der Waals surface area (Å²) in [5.41, 5.74) is 9.46. The van der Waals surface area contributed by atoms with E-state index in [-0.39, 0.29) is 5.91 Å². The maximum absolute atomic E-state index is 12.2. The van der Waals surface area contributed by atoms with Gasteiger partial charge in [0.05, 0.1) is 11.4 Å². The van der Waals surface area contributed by atoms with Gasteiger partial charge in [0.2, 0.25) is 0 Å². The van der Waals surface area contributed by atoms with Crippen LogP contribution in [-0.4, -0.2) is 5.91 Å². The highest BCUT2D eigenvalue weighted by Gasteiger charge is 2.12. The van der Waals surface area contributed by atoms with Gasteiger partial charge in [-0.3, -0.25) is 4.79 Å². The molecule has 2 aromatic carbocycles. The summed E-state index contributed by atoms with van der Waals surface area (Å²) >= 11 is 9.43. The van der Waals surface area contributed by atoms with E-state index in [4.69, 9.17) is 17.3 Å². The van der Waals surface area contributed by atoms with E-state index in [0.717, 1.165) is 15.6 Å². The Kier molecular flexibility index (Phi) is 4.35. The Morgan fingerprint density at radius 3 is 2.55 bits per heavy atom. The number of nitrogens with one attached hydrogen (secondary N) is 1. The molecule has 0 fully saturated rings. The van der Waals surface area contributed by atoms with E-state index in [9.17, 15) is 4.79 Å². The molecule has 0 aromatic heterocycles. The molecule has 3 N–H and O–H groups in total. The van der Waals surface area contributed by atoms with E-state index in [1.807, 2.05) is 32.0 Å². The van der Waals surface area contributed by atoms with Crippen LogP contribution in [0.1, 0.15) is 21.5 Å². The molecular weight excluding hydrogens is 340 g/mol. The van der Waals surface area contributed by atoms with Crippen LogP contribution in [0.2, 0.25) is 5.02 Å². The van der Waals surface area contributed by atoms with Crippen molar-refractivity contribution in [3.63, 3.8) is 0 Å². The van der Waals surface area contributed by atoms with E-state index >= 15 is 0 Å². The molecule has 0 heterocycles. The molecule has 0 saturated heterocycles. The van der Waals surface area contributed by atoms with Crippen LogP contribution in [0.5, 0.6) is 0 Å². The monoisotopic (exact) mass is 352 g/mol. The van der Waals surface area contributed by atoms with Crippen molar-refractivity contribution >= 4 is 44.8 Å². The Morgan fingerprint density at radius 1 is 1.25 bits per heavy atom. The Bertz CT molecular complexity index is 663. The predicted molar refractivity (Wildman–Crippen MR) is 87.4 cm³/mol. The van der Waals surface area contributed by atoms with Crippen molar-refractivity contribution in [3.8, 4) is 0 Å². The van der Waals surface area contributed by atoms with Crippen LogP contribution in [-0.2, 0) is 0 Å². The zero-order valence-corrected chi connectivity index (χ0v) is 13.5. The summed E-state index contributed by atoms with van der Waals surface area (Å²) in [4.78, 5) is 12.2. The molecule has 3 nitrogen and oxygen atoms in total. The second-order valence-corrected chi connectivity index (χ2v) is 5.89. The lowest BCUT2D eigenvalue weighted by molar-refractivity contribution is 0.102. The topological polar surface area (TPSA) is 55.1 Å². The first kappa shape index (κ1) is 14.9. The van der Waals surface area contributed by atoms with E-state index in [2.05, 4.69) is 21.2 Å².